The molecule has 1 amide bonds. The van der Waals surface area contributed by atoms with Crippen molar-refractivity contribution >= 4 is 11.9 Å². The Balaban J connectivity index is 4.73. The number of unbranched alkanes of at least 4 members (excludes halogenated alkanes) is 2. The predicted molar refractivity (Wildman–Crippen MR) is 91.0 cm³/mol. The number of hydrogen-bond donors (Lipinski definition) is 1. The third-order valence-corrected chi connectivity index (χ3v) is 3.86. The number of ketones is 1. The summed E-state index contributed by atoms with van der Waals surface area (Å²) in [6.07, 6.45) is 5.51. The first kappa shape index (κ1) is 20.9. The van der Waals surface area contributed by atoms with E-state index in [0.717, 1.165) is 38.5 Å². The largest absolute Gasteiger partial charge is 0.444 e. The summed E-state index contributed by atoms with van der Waals surface area (Å²) in [5.74, 6) is 0.108. The van der Waals surface area contributed by atoms with Crippen LogP contribution in [-0.2, 0) is 9.53 Å². The fourth-order valence-corrected chi connectivity index (χ4v) is 2.76. The van der Waals surface area contributed by atoms with E-state index in [4.69, 9.17) is 4.74 Å². The zero-order valence-electron chi connectivity index (χ0n) is 15.5. The van der Waals surface area contributed by atoms with Crippen molar-refractivity contribution in [3.63, 3.8) is 0 Å². The molecule has 130 valence electrons. The number of carbonyl (C=O) groups is 2. The summed E-state index contributed by atoms with van der Waals surface area (Å²) >= 11 is 0. The van der Waals surface area contributed by atoms with Crippen molar-refractivity contribution in [2.45, 2.75) is 98.6 Å². The molecule has 4 heteroatoms. The number of carbonyl (C=O) groups excluding carboxylic acids is 2. The molecular formula is C18H35NO3. The van der Waals surface area contributed by atoms with Crippen LogP contribution in [0, 0.1) is 5.41 Å². The number of rotatable bonds is 9. The van der Waals surface area contributed by atoms with Crippen molar-refractivity contribution in [2.75, 3.05) is 0 Å². The van der Waals surface area contributed by atoms with Gasteiger partial charge in [-0.25, -0.2) is 4.79 Å². The summed E-state index contributed by atoms with van der Waals surface area (Å²) in [6, 6.07) is -0.520. The molecule has 0 aromatic rings. The molecule has 0 aromatic heterocycles. The van der Waals surface area contributed by atoms with Gasteiger partial charge in [0.05, 0.1) is 6.04 Å². The zero-order chi connectivity index (χ0) is 17.4. The maximum absolute atomic E-state index is 12.8. The van der Waals surface area contributed by atoms with E-state index >= 15 is 0 Å². The maximum Gasteiger partial charge on any atom is 0.408 e. The summed E-state index contributed by atoms with van der Waals surface area (Å²) in [5, 5.41) is 2.68. The minimum Gasteiger partial charge on any atom is -0.444 e. The summed E-state index contributed by atoms with van der Waals surface area (Å²) in [4.78, 5) is 24.6. The van der Waals surface area contributed by atoms with Crippen LogP contribution in [0.5, 0.6) is 0 Å². The molecule has 0 radical (unpaired) electrons. The number of alkyl carbamates (subject to hydrolysis) is 1. The molecular weight excluding hydrogens is 278 g/mol. The Morgan fingerprint density at radius 1 is 1.00 bits per heavy atom. The lowest BCUT2D eigenvalue weighted by molar-refractivity contribution is -0.130. The number of Topliss-reactive ketones (excluding diaryl/α,β-unsaturated/α-hetero) is 1. The fraction of sp³-hybridized carbons (Fsp3) is 0.889. The van der Waals surface area contributed by atoms with E-state index in [-0.39, 0.29) is 11.2 Å². The van der Waals surface area contributed by atoms with E-state index < -0.39 is 17.7 Å². The molecule has 0 spiro atoms. The van der Waals surface area contributed by atoms with Crippen molar-refractivity contribution < 1.29 is 14.3 Å². The first-order valence-electron chi connectivity index (χ1n) is 8.59. The Morgan fingerprint density at radius 3 is 2.05 bits per heavy atom. The van der Waals surface area contributed by atoms with Crippen LogP contribution < -0.4 is 5.32 Å². The van der Waals surface area contributed by atoms with Gasteiger partial charge in [0, 0.05) is 5.41 Å². The molecule has 0 fully saturated rings. The summed E-state index contributed by atoms with van der Waals surface area (Å²) in [6.45, 7) is 13.5. The lowest BCUT2D eigenvalue weighted by Gasteiger charge is -2.31. The van der Waals surface area contributed by atoms with Gasteiger partial charge in [-0.05, 0) is 40.5 Å². The van der Waals surface area contributed by atoms with Crippen molar-refractivity contribution in [2.24, 2.45) is 5.41 Å². The Morgan fingerprint density at radius 2 is 1.59 bits per heavy atom. The summed E-state index contributed by atoms with van der Waals surface area (Å²) in [5.41, 5.74) is -0.918. The van der Waals surface area contributed by atoms with Crippen LogP contribution in [0.3, 0.4) is 0 Å². The van der Waals surface area contributed by atoms with Crippen molar-refractivity contribution in [3.05, 3.63) is 0 Å². The smallest absolute Gasteiger partial charge is 0.408 e. The first-order valence-corrected chi connectivity index (χ1v) is 8.59. The molecule has 0 aromatic carbocycles. The Bertz CT molecular complexity index is 360. The van der Waals surface area contributed by atoms with Crippen LogP contribution >= 0.6 is 0 Å². The molecule has 0 saturated carbocycles. The SMILES string of the molecule is CCCCCC(C)(CCC)C(=O)[C@@H](C)NC(=O)OC(C)(C)C. The van der Waals surface area contributed by atoms with Gasteiger partial charge in [0.2, 0.25) is 0 Å². The number of nitrogens with one attached hydrogen (secondary N) is 1. The van der Waals surface area contributed by atoms with Crippen LogP contribution in [-0.4, -0.2) is 23.5 Å². The van der Waals surface area contributed by atoms with Crippen LogP contribution in [0.1, 0.15) is 87.0 Å². The van der Waals surface area contributed by atoms with E-state index in [1.54, 1.807) is 6.92 Å². The molecule has 0 bridgehead atoms. The normalized spacial score (nSPS) is 15.8. The van der Waals surface area contributed by atoms with E-state index in [1.165, 1.54) is 0 Å². The van der Waals surface area contributed by atoms with Gasteiger partial charge >= 0.3 is 6.09 Å². The molecule has 2 atom stereocenters. The van der Waals surface area contributed by atoms with Crippen molar-refractivity contribution in [1.82, 2.24) is 5.32 Å². The topological polar surface area (TPSA) is 55.4 Å². The van der Waals surface area contributed by atoms with Gasteiger partial charge in [0.25, 0.3) is 0 Å². The van der Waals surface area contributed by atoms with Gasteiger partial charge < -0.3 is 10.1 Å². The molecule has 0 aliphatic heterocycles. The van der Waals surface area contributed by atoms with Crippen LogP contribution in [0.15, 0.2) is 0 Å². The quantitative estimate of drug-likeness (QED) is 0.619. The van der Waals surface area contributed by atoms with Crippen LogP contribution in [0.25, 0.3) is 0 Å². The van der Waals surface area contributed by atoms with E-state index in [1.807, 2.05) is 27.7 Å². The second kappa shape index (κ2) is 9.16. The van der Waals surface area contributed by atoms with Crippen molar-refractivity contribution in [1.29, 1.82) is 0 Å². The molecule has 1 N–H and O–H groups in total. The van der Waals surface area contributed by atoms with Gasteiger partial charge in [-0.15, -0.1) is 0 Å². The van der Waals surface area contributed by atoms with E-state index in [2.05, 4.69) is 19.2 Å². The molecule has 4 nitrogen and oxygen atoms in total. The molecule has 22 heavy (non-hydrogen) atoms. The summed E-state index contributed by atoms with van der Waals surface area (Å²) < 4.78 is 5.23. The monoisotopic (exact) mass is 313 g/mol. The van der Waals surface area contributed by atoms with E-state index in [0.29, 0.717) is 0 Å². The second-order valence-electron chi connectivity index (χ2n) is 7.50. The third-order valence-electron chi connectivity index (χ3n) is 3.86. The highest BCUT2D eigenvalue weighted by Crippen LogP contribution is 2.32. The first-order chi connectivity index (χ1) is 10.1. The molecule has 1 unspecified atom stereocenters. The van der Waals surface area contributed by atoms with Crippen molar-refractivity contribution in [3.8, 4) is 0 Å². The van der Waals surface area contributed by atoms with Crippen LogP contribution in [0.2, 0.25) is 0 Å². The Kier molecular flexibility index (Phi) is 8.72. The lowest BCUT2D eigenvalue weighted by atomic mass is 9.75. The average Bonchev–Trinajstić information content (AvgIpc) is 2.36. The summed E-state index contributed by atoms with van der Waals surface area (Å²) in [7, 11) is 0. The average molecular weight is 313 g/mol. The van der Waals surface area contributed by atoms with E-state index in [9.17, 15) is 9.59 Å². The highest BCUT2D eigenvalue weighted by molar-refractivity contribution is 5.91. The van der Waals surface area contributed by atoms with Gasteiger partial charge in [-0.3, -0.25) is 4.79 Å². The number of amides is 1. The standard InChI is InChI=1S/C18H35NO3/c1-8-10-11-13-18(7,12-9-2)15(20)14(3)19-16(21)22-17(4,5)6/h14H,8-13H2,1-7H3,(H,19,21)/t14-,18?/m1/s1. The highest BCUT2D eigenvalue weighted by Gasteiger charge is 2.35. The number of hydrogen-bond acceptors (Lipinski definition) is 3. The highest BCUT2D eigenvalue weighted by atomic mass is 16.6. The third kappa shape index (κ3) is 7.81. The van der Waals surface area contributed by atoms with Gasteiger partial charge in [0.1, 0.15) is 5.60 Å². The van der Waals surface area contributed by atoms with Gasteiger partial charge in [0.15, 0.2) is 5.78 Å². The van der Waals surface area contributed by atoms with Gasteiger partial charge in [-0.2, -0.15) is 0 Å². The lowest BCUT2D eigenvalue weighted by Crippen LogP contribution is -2.47. The molecule has 0 saturated heterocycles. The van der Waals surface area contributed by atoms with Gasteiger partial charge in [-0.1, -0.05) is 46.5 Å². The Hall–Kier alpha value is -1.06. The van der Waals surface area contributed by atoms with Crippen LogP contribution in [0.4, 0.5) is 4.79 Å². The molecule has 0 aliphatic rings. The Labute approximate surface area is 136 Å². The minimum absolute atomic E-state index is 0.108. The fourth-order valence-electron chi connectivity index (χ4n) is 2.76. The zero-order valence-corrected chi connectivity index (χ0v) is 15.5. The number of ether oxygens (including phenoxy) is 1. The molecule has 0 aliphatic carbocycles. The minimum atomic E-state index is -0.555. The second-order valence-corrected chi connectivity index (χ2v) is 7.50. The maximum atomic E-state index is 12.8. The predicted octanol–water partition coefficient (Wildman–Crippen LogP) is 4.86. The molecule has 0 heterocycles. The molecule has 0 rings (SSSR count).